The number of imidazole rings is 1. The van der Waals surface area contributed by atoms with E-state index in [9.17, 15) is 4.79 Å². The fourth-order valence-electron chi connectivity index (χ4n) is 3.98. The maximum Gasteiger partial charge on any atom is 0.328 e. The minimum absolute atomic E-state index is 0.114. The number of hydrogen-bond donors (Lipinski definition) is 0. The Kier molecular flexibility index (Phi) is 7.18. The number of aromatic nitrogens is 2. The molecule has 29 heavy (non-hydrogen) atoms. The molecule has 4 nitrogen and oxygen atoms in total. The van der Waals surface area contributed by atoms with Crippen LogP contribution in [-0.4, -0.2) is 16.2 Å². The van der Waals surface area contributed by atoms with Crippen LogP contribution in [0.1, 0.15) is 44.4 Å². The molecule has 156 valence electrons. The van der Waals surface area contributed by atoms with E-state index >= 15 is 0 Å². The van der Waals surface area contributed by atoms with Crippen LogP contribution >= 0.6 is 0 Å². The highest BCUT2D eigenvalue weighted by Crippen LogP contribution is 2.44. The lowest BCUT2D eigenvalue weighted by Crippen LogP contribution is -2.24. The molecule has 0 spiro atoms. The second-order valence-electron chi connectivity index (χ2n) is 8.19. The third-order valence-corrected chi connectivity index (χ3v) is 5.79. The van der Waals surface area contributed by atoms with Gasteiger partial charge >= 0.3 is 5.69 Å². The summed E-state index contributed by atoms with van der Waals surface area (Å²) in [5, 5.41) is 0. The SMILES string of the molecule is C=C(C)C1CC1/C=C/Cn1cc(CCCc2ccc(OC)cc2)n(CCC)c1=O. The van der Waals surface area contributed by atoms with Gasteiger partial charge in [-0.15, -0.1) is 0 Å². The van der Waals surface area contributed by atoms with Crippen molar-refractivity contribution in [2.45, 2.75) is 59.0 Å². The molecule has 1 fully saturated rings. The predicted molar refractivity (Wildman–Crippen MR) is 120 cm³/mol. The van der Waals surface area contributed by atoms with E-state index in [4.69, 9.17) is 4.74 Å². The summed E-state index contributed by atoms with van der Waals surface area (Å²) in [6, 6.07) is 8.24. The fraction of sp³-hybridized carbons (Fsp3) is 0.480. The average Bonchev–Trinajstić information content (AvgIpc) is 3.44. The molecule has 0 N–H and O–H groups in total. The van der Waals surface area contributed by atoms with Gasteiger partial charge in [-0.1, -0.05) is 43.4 Å². The van der Waals surface area contributed by atoms with Crippen molar-refractivity contribution >= 4 is 0 Å². The van der Waals surface area contributed by atoms with E-state index in [1.54, 1.807) is 7.11 Å². The number of methoxy groups -OCH3 is 1. The number of allylic oxidation sites excluding steroid dienone is 3. The molecule has 4 heteroatoms. The van der Waals surface area contributed by atoms with Gasteiger partial charge in [0.15, 0.2) is 0 Å². The molecule has 2 aromatic rings. The summed E-state index contributed by atoms with van der Waals surface area (Å²) in [5.74, 6) is 2.14. The summed E-state index contributed by atoms with van der Waals surface area (Å²) in [6.45, 7) is 9.71. The van der Waals surface area contributed by atoms with Gasteiger partial charge in [0.2, 0.25) is 0 Å². The van der Waals surface area contributed by atoms with Crippen LogP contribution in [0.25, 0.3) is 0 Å². The topological polar surface area (TPSA) is 36.2 Å². The van der Waals surface area contributed by atoms with E-state index in [0.29, 0.717) is 18.4 Å². The van der Waals surface area contributed by atoms with Gasteiger partial charge in [-0.2, -0.15) is 0 Å². The third kappa shape index (κ3) is 5.53. The van der Waals surface area contributed by atoms with E-state index in [-0.39, 0.29) is 5.69 Å². The lowest BCUT2D eigenvalue weighted by Gasteiger charge is -2.06. The quantitative estimate of drug-likeness (QED) is 0.502. The number of ether oxygens (including phenoxy) is 1. The van der Waals surface area contributed by atoms with Crippen molar-refractivity contribution in [1.82, 2.24) is 9.13 Å². The predicted octanol–water partition coefficient (Wildman–Crippen LogP) is 5.01. The van der Waals surface area contributed by atoms with Crippen molar-refractivity contribution in [3.63, 3.8) is 0 Å². The lowest BCUT2D eigenvalue weighted by atomic mass is 10.1. The molecule has 1 aromatic carbocycles. The maximum absolute atomic E-state index is 12.8. The van der Waals surface area contributed by atoms with Gasteiger partial charge in [-0.05, 0) is 68.6 Å². The van der Waals surface area contributed by atoms with Crippen LogP contribution in [0.4, 0.5) is 0 Å². The van der Waals surface area contributed by atoms with Crippen molar-refractivity contribution < 1.29 is 4.74 Å². The van der Waals surface area contributed by atoms with Crippen molar-refractivity contribution in [1.29, 1.82) is 0 Å². The Morgan fingerprint density at radius 1 is 1.28 bits per heavy atom. The van der Waals surface area contributed by atoms with Crippen LogP contribution in [0.3, 0.4) is 0 Å². The van der Waals surface area contributed by atoms with E-state index in [2.05, 4.69) is 50.9 Å². The second-order valence-corrected chi connectivity index (χ2v) is 8.19. The van der Waals surface area contributed by atoms with Gasteiger partial charge in [-0.3, -0.25) is 9.13 Å². The van der Waals surface area contributed by atoms with E-state index in [1.807, 2.05) is 21.3 Å². The summed E-state index contributed by atoms with van der Waals surface area (Å²) in [5.41, 5.74) is 3.83. The lowest BCUT2D eigenvalue weighted by molar-refractivity contribution is 0.414. The molecule has 2 atom stereocenters. The summed E-state index contributed by atoms with van der Waals surface area (Å²) in [6.07, 6.45) is 11.6. The first-order valence-corrected chi connectivity index (χ1v) is 10.8. The first-order valence-electron chi connectivity index (χ1n) is 10.8. The van der Waals surface area contributed by atoms with Crippen LogP contribution < -0.4 is 10.4 Å². The van der Waals surface area contributed by atoms with Crippen LogP contribution in [-0.2, 0) is 25.9 Å². The largest absolute Gasteiger partial charge is 0.497 e. The van der Waals surface area contributed by atoms with Gasteiger partial charge in [0, 0.05) is 25.0 Å². The first-order chi connectivity index (χ1) is 14.0. The maximum atomic E-state index is 12.8. The molecule has 1 aromatic heterocycles. The van der Waals surface area contributed by atoms with Crippen molar-refractivity contribution in [3.05, 3.63) is 76.5 Å². The molecular weight excluding hydrogens is 360 g/mol. The number of aryl methyl sites for hydroxylation is 2. The Labute approximate surface area is 174 Å². The summed E-state index contributed by atoms with van der Waals surface area (Å²) in [7, 11) is 1.69. The second kappa shape index (κ2) is 9.82. The average molecular weight is 395 g/mol. The van der Waals surface area contributed by atoms with Crippen molar-refractivity contribution in [2.24, 2.45) is 11.8 Å². The van der Waals surface area contributed by atoms with E-state index < -0.39 is 0 Å². The monoisotopic (exact) mass is 394 g/mol. The molecule has 2 unspecified atom stereocenters. The first kappa shape index (κ1) is 21.2. The molecule has 0 bridgehead atoms. The highest BCUT2D eigenvalue weighted by Gasteiger charge is 2.34. The molecular formula is C25H34N2O2. The summed E-state index contributed by atoms with van der Waals surface area (Å²) in [4.78, 5) is 12.8. The Hall–Kier alpha value is -2.49. The standard InChI is InChI=1S/C25H34N2O2/c1-5-15-27-22(10-6-8-20-11-13-23(29-4)14-12-20)18-26(25(27)28)16-7-9-21-17-24(21)19(2)3/h7,9,11-14,18,21,24H,2,5-6,8,10,15-17H2,1,3-4H3/b9-7+. The molecule has 0 aliphatic heterocycles. The molecule has 0 radical (unpaired) electrons. The van der Waals surface area contributed by atoms with Gasteiger partial charge in [0.25, 0.3) is 0 Å². The zero-order valence-corrected chi connectivity index (χ0v) is 18.1. The summed E-state index contributed by atoms with van der Waals surface area (Å²) >= 11 is 0. The van der Waals surface area contributed by atoms with Gasteiger partial charge < -0.3 is 4.74 Å². The summed E-state index contributed by atoms with van der Waals surface area (Å²) < 4.78 is 9.03. The minimum atomic E-state index is 0.114. The van der Waals surface area contributed by atoms with Crippen LogP contribution in [0.15, 0.2) is 59.6 Å². The molecule has 3 rings (SSSR count). The minimum Gasteiger partial charge on any atom is -0.497 e. The number of nitrogens with zero attached hydrogens (tertiary/aromatic N) is 2. The van der Waals surface area contributed by atoms with Crippen molar-refractivity contribution in [2.75, 3.05) is 7.11 Å². The fourth-order valence-corrected chi connectivity index (χ4v) is 3.98. The molecule has 0 amide bonds. The molecule has 1 heterocycles. The molecule has 1 aliphatic carbocycles. The normalized spacial score (nSPS) is 18.3. The zero-order valence-electron chi connectivity index (χ0n) is 18.1. The number of benzene rings is 1. The Morgan fingerprint density at radius 2 is 2.03 bits per heavy atom. The highest BCUT2D eigenvalue weighted by atomic mass is 16.5. The molecule has 1 aliphatic rings. The molecule has 0 saturated heterocycles. The van der Waals surface area contributed by atoms with E-state index in [0.717, 1.165) is 43.7 Å². The van der Waals surface area contributed by atoms with Crippen molar-refractivity contribution in [3.8, 4) is 5.75 Å². The Bertz CT molecular complexity index is 902. The van der Waals surface area contributed by atoms with Crippen LogP contribution in [0.5, 0.6) is 5.75 Å². The third-order valence-electron chi connectivity index (χ3n) is 5.79. The molecule has 1 saturated carbocycles. The van der Waals surface area contributed by atoms with Crippen LogP contribution in [0.2, 0.25) is 0 Å². The Balaban J connectivity index is 1.60. The number of hydrogen-bond acceptors (Lipinski definition) is 2. The highest BCUT2D eigenvalue weighted by molar-refractivity contribution is 5.27. The van der Waals surface area contributed by atoms with Gasteiger partial charge in [0.1, 0.15) is 5.75 Å². The smallest absolute Gasteiger partial charge is 0.328 e. The zero-order chi connectivity index (χ0) is 20.8. The Morgan fingerprint density at radius 3 is 2.66 bits per heavy atom. The van der Waals surface area contributed by atoms with E-state index in [1.165, 1.54) is 17.6 Å². The van der Waals surface area contributed by atoms with Crippen LogP contribution in [0, 0.1) is 11.8 Å². The van der Waals surface area contributed by atoms with Gasteiger partial charge in [-0.25, -0.2) is 4.79 Å². The van der Waals surface area contributed by atoms with Gasteiger partial charge in [0.05, 0.1) is 7.11 Å². The number of rotatable bonds is 11.